The minimum Gasteiger partial charge on any atom is -0.279 e. The number of rotatable bonds is 3. The van der Waals surface area contributed by atoms with Crippen molar-refractivity contribution < 1.29 is 4.39 Å². The molecule has 0 aliphatic heterocycles. The van der Waals surface area contributed by atoms with E-state index in [9.17, 15) is 4.39 Å². The molecule has 0 aromatic heterocycles. The Bertz CT molecular complexity index is 748. The summed E-state index contributed by atoms with van der Waals surface area (Å²) in [6.45, 7) is 0. The first kappa shape index (κ1) is 12.4. The topological polar surface area (TPSA) is 24.4 Å². The van der Waals surface area contributed by atoms with Crippen LogP contribution >= 0.6 is 0 Å². The van der Waals surface area contributed by atoms with Gasteiger partial charge in [0.05, 0.1) is 11.9 Å². The molecule has 2 nitrogen and oxygen atoms in total. The second kappa shape index (κ2) is 5.53. The Labute approximate surface area is 116 Å². The van der Waals surface area contributed by atoms with Crippen molar-refractivity contribution in [3.8, 4) is 0 Å². The van der Waals surface area contributed by atoms with Gasteiger partial charge in [0, 0.05) is 0 Å². The minimum absolute atomic E-state index is 0.256. The van der Waals surface area contributed by atoms with Crippen LogP contribution in [0.4, 0.5) is 10.1 Å². The number of halogens is 1. The van der Waals surface area contributed by atoms with Crippen molar-refractivity contribution in [1.29, 1.82) is 0 Å². The Balaban J connectivity index is 1.75. The average molecular weight is 264 g/mol. The Morgan fingerprint density at radius 1 is 0.850 bits per heavy atom. The molecule has 20 heavy (non-hydrogen) atoms. The average Bonchev–Trinajstić information content (AvgIpc) is 2.49. The number of hydrogen-bond acceptors (Lipinski definition) is 2. The lowest BCUT2D eigenvalue weighted by Gasteiger charge is -2.00. The number of hydrazone groups is 1. The first-order chi connectivity index (χ1) is 9.81. The molecule has 0 aliphatic rings. The standard InChI is InChI=1S/C17H13FN2/c18-16-7-9-17(10-8-16)20-19-12-13-5-6-14-3-1-2-4-15(14)11-13/h1-12,20H/b19-12-. The van der Waals surface area contributed by atoms with Gasteiger partial charge >= 0.3 is 0 Å². The third-order valence-corrected chi connectivity index (χ3v) is 3.03. The Kier molecular flexibility index (Phi) is 3.42. The molecular formula is C17H13FN2. The van der Waals surface area contributed by atoms with E-state index in [1.807, 2.05) is 18.2 Å². The lowest BCUT2D eigenvalue weighted by Crippen LogP contribution is -1.90. The largest absolute Gasteiger partial charge is 0.279 e. The van der Waals surface area contributed by atoms with E-state index in [4.69, 9.17) is 0 Å². The van der Waals surface area contributed by atoms with E-state index in [2.05, 4.69) is 34.8 Å². The zero-order chi connectivity index (χ0) is 13.8. The first-order valence-corrected chi connectivity index (χ1v) is 6.35. The van der Waals surface area contributed by atoms with E-state index < -0.39 is 0 Å². The van der Waals surface area contributed by atoms with E-state index in [0.29, 0.717) is 0 Å². The van der Waals surface area contributed by atoms with Crippen molar-refractivity contribution in [3.05, 3.63) is 78.1 Å². The highest BCUT2D eigenvalue weighted by atomic mass is 19.1. The zero-order valence-electron chi connectivity index (χ0n) is 10.8. The van der Waals surface area contributed by atoms with Crippen LogP contribution < -0.4 is 5.43 Å². The van der Waals surface area contributed by atoms with Gasteiger partial charge in [0.1, 0.15) is 5.82 Å². The predicted molar refractivity (Wildman–Crippen MR) is 81.6 cm³/mol. The Hall–Kier alpha value is -2.68. The summed E-state index contributed by atoms with van der Waals surface area (Å²) in [5.41, 5.74) is 4.64. The van der Waals surface area contributed by atoms with Gasteiger partial charge in [0.15, 0.2) is 0 Å². The summed E-state index contributed by atoms with van der Waals surface area (Å²) in [4.78, 5) is 0. The number of anilines is 1. The molecule has 0 atom stereocenters. The monoisotopic (exact) mass is 264 g/mol. The summed E-state index contributed by atoms with van der Waals surface area (Å²) < 4.78 is 12.8. The van der Waals surface area contributed by atoms with E-state index in [0.717, 1.165) is 11.3 Å². The SMILES string of the molecule is Fc1ccc(N/N=C\c2ccc3ccccc3c2)cc1. The lowest BCUT2D eigenvalue weighted by atomic mass is 10.1. The number of benzene rings is 3. The van der Waals surface area contributed by atoms with Gasteiger partial charge in [-0.05, 0) is 46.7 Å². The number of hydrogen-bond donors (Lipinski definition) is 1. The van der Waals surface area contributed by atoms with Crippen molar-refractivity contribution >= 4 is 22.7 Å². The minimum atomic E-state index is -0.256. The van der Waals surface area contributed by atoms with Crippen LogP contribution in [0.1, 0.15) is 5.56 Å². The quantitative estimate of drug-likeness (QED) is 0.549. The molecule has 0 bridgehead atoms. The van der Waals surface area contributed by atoms with Crippen molar-refractivity contribution in [2.75, 3.05) is 5.43 Å². The molecule has 0 saturated heterocycles. The van der Waals surface area contributed by atoms with Gasteiger partial charge in [-0.3, -0.25) is 5.43 Å². The molecule has 1 N–H and O–H groups in total. The van der Waals surface area contributed by atoms with Gasteiger partial charge in [0.2, 0.25) is 0 Å². The van der Waals surface area contributed by atoms with Crippen LogP contribution in [0, 0.1) is 5.82 Å². The maximum Gasteiger partial charge on any atom is 0.123 e. The fourth-order valence-corrected chi connectivity index (χ4v) is 1.99. The highest BCUT2D eigenvalue weighted by molar-refractivity contribution is 5.90. The Morgan fingerprint density at radius 3 is 2.40 bits per heavy atom. The smallest absolute Gasteiger partial charge is 0.123 e. The van der Waals surface area contributed by atoms with Gasteiger partial charge in [-0.1, -0.05) is 36.4 Å². The molecule has 3 aromatic carbocycles. The zero-order valence-corrected chi connectivity index (χ0v) is 10.8. The molecule has 3 aromatic rings. The van der Waals surface area contributed by atoms with Gasteiger partial charge in [-0.25, -0.2) is 4.39 Å². The summed E-state index contributed by atoms with van der Waals surface area (Å²) in [6.07, 6.45) is 1.75. The molecule has 0 heterocycles. The lowest BCUT2D eigenvalue weighted by molar-refractivity contribution is 0.628. The second-order valence-electron chi connectivity index (χ2n) is 4.48. The maximum atomic E-state index is 12.8. The normalized spacial score (nSPS) is 11.1. The molecular weight excluding hydrogens is 251 g/mol. The number of fused-ring (bicyclic) bond motifs is 1. The third-order valence-electron chi connectivity index (χ3n) is 3.03. The van der Waals surface area contributed by atoms with E-state index in [1.54, 1.807) is 18.3 Å². The maximum absolute atomic E-state index is 12.8. The molecule has 0 fully saturated rings. The summed E-state index contributed by atoms with van der Waals surface area (Å²) in [7, 11) is 0. The number of nitrogens with zero attached hydrogens (tertiary/aromatic N) is 1. The fourth-order valence-electron chi connectivity index (χ4n) is 1.99. The van der Waals surface area contributed by atoms with Crippen molar-refractivity contribution in [3.63, 3.8) is 0 Å². The predicted octanol–water partition coefficient (Wildman–Crippen LogP) is 4.42. The molecule has 0 aliphatic carbocycles. The molecule has 0 saturated carbocycles. The van der Waals surface area contributed by atoms with Crippen molar-refractivity contribution in [2.24, 2.45) is 5.10 Å². The summed E-state index contributed by atoms with van der Waals surface area (Å²) >= 11 is 0. The van der Waals surface area contributed by atoms with Crippen LogP contribution in [0.2, 0.25) is 0 Å². The molecule has 0 radical (unpaired) electrons. The summed E-state index contributed by atoms with van der Waals surface area (Å²) in [5, 5.41) is 6.53. The van der Waals surface area contributed by atoms with Gasteiger partial charge in [-0.15, -0.1) is 0 Å². The van der Waals surface area contributed by atoms with Crippen LogP contribution in [0.25, 0.3) is 10.8 Å². The molecule has 98 valence electrons. The van der Waals surface area contributed by atoms with Gasteiger partial charge in [-0.2, -0.15) is 5.10 Å². The van der Waals surface area contributed by atoms with Crippen LogP contribution in [-0.2, 0) is 0 Å². The van der Waals surface area contributed by atoms with E-state index in [1.165, 1.54) is 22.9 Å². The Morgan fingerprint density at radius 2 is 1.60 bits per heavy atom. The van der Waals surface area contributed by atoms with Crippen LogP contribution in [-0.4, -0.2) is 6.21 Å². The molecule has 3 rings (SSSR count). The number of nitrogens with one attached hydrogen (secondary N) is 1. The fraction of sp³-hybridized carbons (Fsp3) is 0. The van der Waals surface area contributed by atoms with Gasteiger partial charge < -0.3 is 0 Å². The highest BCUT2D eigenvalue weighted by Crippen LogP contribution is 2.14. The van der Waals surface area contributed by atoms with Crippen molar-refractivity contribution in [2.45, 2.75) is 0 Å². The van der Waals surface area contributed by atoms with Crippen LogP contribution in [0.3, 0.4) is 0 Å². The van der Waals surface area contributed by atoms with Crippen LogP contribution in [0.15, 0.2) is 71.8 Å². The summed E-state index contributed by atoms with van der Waals surface area (Å²) in [5.74, 6) is -0.256. The van der Waals surface area contributed by atoms with Crippen molar-refractivity contribution in [1.82, 2.24) is 0 Å². The molecule has 0 spiro atoms. The van der Waals surface area contributed by atoms with Crippen LogP contribution in [0.5, 0.6) is 0 Å². The molecule has 3 heteroatoms. The highest BCUT2D eigenvalue weighted by Gasteiger charge is 1.94. The summed E-state index contributed by atoms with van der Waals surface area (Å²) in [6, 6.07) is 20.4. The second-order valence-corrected chi connectivity index (χ2v) is 4.48. The third kappa shape index (κ3) is 2.83. The van der Waals surface area contributed by atoms with E-state index in [-0.39, 0.29) is 5.82 Å². The molecule has 0 amide bonds. The van der Waals surface area contributed by atoms with E-state index >= 15 is 0 Å². The van der Waals surface area contributed by atoms with Gasteiger partial charge in [0.25, 0.3) is 0 Å². The molecule has 0 unspecified atom stereocenters. The first-order valence-electron chi connectivity index (χ1n) is 6.35.